The first-order valence-electron chi connectivity index (χ1n) is 6.60. The number of oxime groups is 1. The standard InChI is InChI=1S/C13H15N5OS/c19-15-11-8-4-5-9-12(11)20-13-14-16-17-18(13)10-6-2-1-3-7-10/h1-3,6-7,12,19H,4-5,8-9H2/b15-11-. The van der Waals surface area contributed by atoms with Crippen molar-refractivity contribution in [2.24, 2.45) is 5.16 Å². The lowest BCUT2D eigenvalue weighted by Gasteiger charge is -2.21. The Balaban J connectivity index is 1.83. The highest BCUT2D eigenvalue weighted by atomic mass is 32.2. The Morgan fingerprint density at radius 1 is 1.25 bits per heavy atom. The molecule has 3 rings (SSSR count). The van der Waals surface area contributed by atoms with Gasteiger partial charge in [0.2, 0.25) is 5.16 Å². The number of hydrogen-bond acceptors (Lipinski definition) is 6. The van der Waals surface area contributed by atoms with Gasteiger partial charge >= 0.3 is 0 Å². The van der Waals surface area contributed by atoms with Gasteiger partial charge in [-0.1, -0.05) is 41.5 Å². The molecule has 1 aliphatic rings. The summed E-state index contributed by atoms with van der Waals surface area (Å²) in [5.74, 6) is 0. The molecule has 1 aromatic heterocycles. The molecule has 0 spiro atoms. The Morgan fingerprint density at radius 2 is 2.10 bits per heavy atom. The summed E-state index contributed by atoms with van der Waals surface area (Å²) in [5, 5.41) is 25.3. The SMILES string of the molecule is O/N=C1/CCCCC1Sc1nnnn1-c1ccccc1. The van der Waals surface area contributed by atoms with Crippen LogP contribution in [0.3, 0.4) is 0 Å². The Morgan fingerprint density at radius 3 is 2.90 bits per heavy atom. The highest BCUT2D eigenvalue weighted by molar-refractivity contribution is 8.00. The molecule has 1 atom stereocenters. The van der Waals surface area contributed by atoms with E-state index in [0.29, 0.717) is 0 Å². The summed E-state index contributed by atoms with van der Waals surface area (Å²) in [7, 11) is 0. The van der Waals surface area contributed by atoms with E-state index in [2.05, 4.69) is 20.7 Å². The quantitative estimate of drug-likeness (QED) is 0.694. The van der Waals surface area contributed by atoms with Gasteiger partial charge in [0.05, 0.1) is 16.6 Å². The molecule has 1 unspecified atom stereocenters. The summed E-state index contributed by atoms with van der Waals surface area (Å²) in [6.07, 6.45) is 4.07. The zero-order valence-electron chi connectivity index (χ0n) is 10.9. The van der Waals surface area contributed by atoms with Crippen LogP contribution < -0.4 is 0 Å². The number of thioether (sulfide) groups is 1. The summed E-state index contributed by atoms with van der Waals surface area (Å²) >= 11 is 1.56. The van der Waals surface area contributed by atoms with Crippen molar-refractivity contribution in [2.75, 3.05) is 0 Å². The lowest BCUT2D eigenvalue weighted by Crippen LogP contribution is -2.22. The van der Waals surface area contributed by atoms with E-state index < -0.39 is 0 Å². The minimum absolute atomic E-state index is 0.155. The van der Waals surface area contributed by atoms with Gasteiger partial charge in [-0.2, -0.15) is 4.68 Å². The monoisotopic (exact) mass is 289 g/mol. The molecule has 0 aliphatic heterocycles. The van der Waals surface area contributed by atoms with Gasteiger partial charge in [-0.3, -0.25) is 0 Å². The van der Waals surface area contributed by atoms with Crippen LogP contribution in [0.5, 0.6) is 0 Å². The molecule has 1 aromatic carbocycles. The van der Waals surface area contributed by atoms with Gasteiger partial charge in [-0.05, 0) is 41.8 Å². The maximum absolute atomic E-state index is 9.09. The summed E-state index contributed by atoms with van der Waals surface area (Å²) in [5.41, 5.74) is 1.77. The molecular formula is C13H15N5OS. The van der Waals surface area contributed by atoms with Gasteiger partial charge in [0.1, 0.15) is 0 Å². The van der Waals surface area contributed by atoms with Crippen LogP contribution >= 0.6 is 11.8 Å². The molecule has 0 saturated heterocycles. The average Bonchev–Trinajstić information content (AvgIpc) is 2.97. The van der Waals surface area contributed by atoms with Crippen molar-refractivity contribution in [1.82, 2.24) is 20.2 Å². The van der Waals surface area contributed by atoms with Crippen molar-refractivity contribution in [1.29, 1.82) is 0 Å². The number of nitrogens with zero attached hydrogens (tertiary/aromatic N) is 5. The predicted octanol–water partition coefficient (Wildman–Crippen LogP) is 2.53. The Hall–Kier alpha value is -1.89. The molecule has 104 valence electrons. The average molecular weight is 289 g/mol. The third-order valence-corrected chi connectivity index (χ3v) is 4.60. The zero-order valence-corrected chi connectivity index (χ0v) is 11.7. The molecule has 1 aliphatic carbocycles. The molecule has 2 aromatic rings. The minimum atomic E-state index is 0.155. The van der Waals surface area contributed by atoms with Crippen LogP contribution in [0.25, 0.3) is 5.69 Å². The number of para-hydroxylation sites is 1. The smallest absolute Gasteiger partial charge is 0.214 e. The fourth-order valence-electron chi connectivity index (χ4n) is 2.32. The fourth-order valence-corrected chi connectivity index (χ4v) is 3.48. The maximum Gasteiger partial charge on any atom is 0.214 e. The predicted molar refractivity (Wildman–Crippen MR) is 76.5 cm³/mol. The molecule has 7 heteroatoms. The molecule has 6 nitrogen and oxygen atoms in total. The van der Waals surface area contributed by atoms with E-state index in [1.165, 1.54) is 0 Å². The van der Waals surface area contributed by atoms with Gasteiger partial charge in [0.15, 0.2) is 0 Å². The molecule has 0 bridgehead atoms. The Kier molecular flexibility index (Phi) is 3.96. The molecule has 1 fully saturated rings. The van der Waals surface area contributed by atoms with E-state index in [-0.39, 0.29) is 5.25 Å². The third-order valence-electron chi connectivity index (χ3n) is 3.34. The zero-order chi connectivity index (χ0) is 13.8. The van der Waals surface area contributed by atoms with Crippen molar-refractivity contribution in [3.05, 3.63) is 30.3 Å². The number of hydrogen-bond donors (Lipinski definition) is 1. The van der Waals surface area contributed by atoms with Crippen molar-refractivity contribution >= 4 is 17.5 Å². The number of tetrazole rings is 1. The van der Waals surface area contributed by atoms with Crippen molar-refractivity contribution in [3.63, 3.8) is 0 Å². The first-order chi connectivity index (χ1) is 9.88. The van der Waals surface area contributed by atoms with E-state index in [4.69, 9.17) is 5.21 Å². The highest BCUT2D eigenvalue weighted by Gasteiger charge is 2.24. The van der Waals surface area contributed by atoms with Gasteiger partial charge in [0.25, 0.3) is 0 Å². The third kappa shape index (κ3) is 2.67. The lowest BCUT2D eigenvalue weighted by atomic mass is 9.98. The van der Waals surface area contributed by atoms with E-state index in [1.807, 2.05) is 30.3 Å². The van der Waals surface area contributed by atoms with E-state index >= 15 is 0 Å². The van der Waals surface area contributed by atoms with E-state index in [9.17, 15) is 0 Å². The van der Waals surface area contributed by atoms with Crippen LogP contribution in [0.15, 0.2) is 40.6 Å². The summed E-state index contributed by atoms with van der Waals surface area (Å²) in [4.78, 5) is 0. The second-order valence-corrected chi connectivity index (χ2v) is 5.82. The van der Waals surface area contributed by atoms with Crippen LogP contribution in [0.1, 0.15) is 25.7 Å². The topological polar surface area (TPSA) is 76.2 Å². The van der Waals surface area contributed by atoms with Crippen LogP contribution in [0.2, 0.25) is 0 Å². The van der Waals surface area contributed by atoms with Crippen LogP contribution in [0.4, 0.5) is 0 Å². The van der Waals surface area contributed by atoms with Crippen LogP contribution in [-0.2, 0) is 0 Å². The summed E-state index contributed by atoms with van der Waals surface area (Å²) in [6.45, 7) is 0. The second kappa shape index (κ2) is 6.04. The van der Waals surface area contributed by atoms with Gasteiger partial charge in [-0.25, -0.2) is 0 Å². The molecule has 1 heterocycles. The summed E-state index contributed by atoms with van der Waals surface area (Å²) < 4.78 is 1.72. The first-order valence-corrected chi connectivity index (χ1v) is 7.48. The lowest BCUT2D eigenvalue weighted by molar-refractivity contribution is 0.314. The van der Waals surface area contributed by atoms with E-state index in [0.717, 1.165) is 42.2 Å². The van der Waals surface area contributed by atoms with Gasteiger partial charge < -0.3 is 5.21 Å². The number of aromatic nitrogens is 4. The van der Waals surface area contributed by atoms with Gasteiger partial charge in [-0.15, -0.1) is 5.10 Å². The van der Waals surface area contributed by atoms with Crippen molar-refractivity contribution < 1.29 is 5.21 Å². The molecule has 20 heavy (non-hydrogen) atoms. The largest absolute Gasteiger partial charge is 0.411 e. The molecular weight excluding hydrogens is 274 g/mol. The molecule has 1 saturated carbocycles. The molecule has 0 amide bonds. The molecule has 0 radical (unpaired) electrons. The first kappa shape index (κ1) is 13.1. The highest BCUT2D eigenvalue weighted by Crippen LogP contribution is 2.31. The maximum atomic E-state index is 9.09. The molecule has 1 N–H and O–H groups in total. The second-order valence-electron chi connectivity index (χ2n) is 4.65. The van der Waals surface area contributed by atoms with E-state index in [1.54, 1.807) is 16.4 Å². The minimum Gasteiger partial charge on any atom is -0.411 e. The normalized spacial score (nSPS) is 21.2. The fraction of sp³-hybridized carbons (Fsp3) is 0.385. The Labute approximate surface area is 120 Å². The van der Waals surface area contributed by atoms with Gasteiger partial charge in [0, 0.05) is 0 Å². The summed E-state index contributed by atoms with van der Waals surface area (Å²) in [6, 6.07) is 9.78. The van der Waals surface area contributed by atoms with Crippen molar-refractivity contribution in [2.45, 2.75) is 36.1 Å². The van der Waals surface area contributed by atoms with Crippen LogP contribution in [-0.4, -0.2) is 36.4 Å². The van der Waals surface area contributed by atoms with Crippen molar-refractivity contribution in [3.8, 4) is 5.69 Å². The number of benzene rings is 1. The number of rotatable bonds is 3. The Bertz CT molecular complexity index is 598. The van der Waals surface area contributed by atoms with Crippen LogP contribution in [0, 0.1) is 0 Å².